The number of amides is 2. The lowest BCUT2D eigenvalue weighted by molar-refractivity contribution is 0.102. The Balaban J connectivity index is 1.87. The molecule has 0 unspecified atom stereocenters. The van der Waals surface area contributed by atoms with Crippen LogP contribution in [-0.2, 0) is 0 Å². The molecular weight excluding hydrogens is 431 g/mol. The summed E-state index contributed by atoms with van der Waals surface area (Å²) in [5.41, 5.74) is 4.10. The third-order valence-corrected chi connectivity index (χ3v) is 5.84. The molecule has 4 rings (SSSR count). The zero-order chi connectivity index (χ0) is 22.1. The van der Waals surface area contributed by atoms with E-state index in [1.807, 2.05) is 31.2 Å². The SMILES string of the molecule is CC1=C(C(=O)c2ccc(C)cc2)[C@@H](c2ccc(Cl)cc2)NC(=O)N1c1ccc(Cl)cc1. The zero-order valence-electron chi connectivity index (χ0n) is 17.0. The fourth-order valence-electron chi connectivity index (χ4n) is 3.70. The van der Waals surface area contributed by atoms with E-state index < -0.39 is 6.04 Å². The van der Waals surface area contributed by atoms with Gasteiger partial charge < -0.3 is 5.32 Å². The summed E-state index contributed by atoms with van der Waals surface area (Å²) < 4.78 is 0. The highest BCUT2D eigenvalue weighted by atomic mass is 35.5. The van der Waals surface area contributed by atoms with Crippen LogP contribution in [0.2, 0.25) is 10.0 Å². The Morgan fingerprint density at radius 3 is 1.97 bits per heavy atom. The summed E-state index contributed by atoms with van der Waals surface area (Å²) in [5.74, 6) is -0.142. The van der Waals surface area contributed by atoms with Gasteiger partial charge in [0.1, 0.15) is 0 Å². The molecule has 3 aromatic rings. The number of anilines is 1. The molecule has 31 heavy (non-hydrogen) atoms. The number of allylic oxidation sites excluding steroid dienone is 1. The van der Waals surface area contributed by atoms with Gasteiger partial charge in [0.05, 0.1) is 11.7 Å². The Morgan fingerprint density at radius 1 is 0.839 bits per heavy atom. The number of aryl methyl sites for hydroxylation is 1. The number of hydrogen-bond acceptors (Lipinski definition) is 2. The highest BCUT2D eigenvalue weighted by Gasteiger charge is 2.36. The summed E-state index contributed by atoms with van der Waals surface area (Å²) in [6.45, 7) is 3.76. The number of hydrogen-bond donors (Lipinski definition) is 1. The van der Waals surface area contributed by atoms with E-state index in [2.05, 4.69) is 5.32 Å². The molecule has 0 fully saturated rings. The Kier molecular flexibility index (Phi) is 5.86. The van der Waals surface area contributed by atoms with Crippen molar-refractivity contribution >= 4 is 40.7 Å². The van der Waals surface area contributed by atoms with Gasteiger partial charge in [-0.1, -0.05) is 65.2 Å². The molecule has 156 valence electrons. The van der Waals surface area contributed by atoms with Gasteiger partial charge in [-0.2, -0.15) is 0 Å². The van der Waals surface area contributed by atoms with Crippen LogP contribution in [-0.4, -0.2) is 11.8 Å². The molecule has 1 heterocycles. The van der Waals surface area contributed by atoms with E-state index >= 15 is 0 Å². The molecule has 2 amide bonds. The Labute approximate surface area is 191 Å². The van der Waals surface area contributed by atoms with Crippen LogP contribution in [0.5, 0.6) is 0 Å². The van der Waals surface area contributed by atoms with Crippen LogP contribution in [0.1, 0.15) is 34.5 Å². The van der Waals surface area contributed by atoms with E-state index in [4.69, 9.17) is 23.2 Å². The van der Waals surface area contributed by atoms with E-state index in [0.717, 1.165) is 11.1 Å². The molecule has 1 atom stereocenters. The molecule has 0 aromatic heterocycles. The van der Waals surface area contributed by atoms with Crippen molar-refractivity contribution < 1.29 is 9.59 Å². The van der Waals surface area contributed by atoms with Crippen molar-refractivity contribution in [3.05, 3.63) is 111 Å². The van der Waals surface area contributed by atoms with Gasteiger partial charge in [-0.15, -0.1) is 0 Å². The largest absolute Gasteiger partial charge is 0.326 e. The van der Waals surface area contributed by atoms with Crippen molar-refractivity contribution in [1.82, 2.24) is 5.32 Å². The minimum absolute atomic E-state index is 0.142. The highest BCUT2D eigenvalue weighted by Crippen LogP contribution is 2.36. The summed E-state index contributed by atoms with van der Waals surface area (Å²) >= 11 is 12.1. The van der Waals surface area contributed by atoms with Gasteiger partial charge >= 0.3 is 6.03 Å². The van der Waals surface area contributed by atoms with Gasteiger partial charge in [-0.3, -0.25) is 9.69 Å². The van der Waals surface area contributed by atoms with Crippen LogP contribution in [0.4, 0.5) is 10.5 Å². The van der Waals surface area contributed by atoms with Gasteiger partial charge in [0.15, 0.2) is 5.78 Å². The number of rotatable bonds is 4. The first-order valence-electron chi connectivity index (χ1n) is 9.79. The molecule has 0 spiro atoms. The lowest BCUT2D eigenvalue weighted by Crippen LogP contribution is -2.48. The molecule has 0 bridgehead atoms. The lowest BCUT2D eigenvalue weighted by Gasteiger charge is -2.36. The predicted molar refractivity (Wildman–Crippen MR) is 125 cm³/mol. The standard InChI is InChI=1S/C25H20Cl2N2O2/c1-15-3-5-18(6-4-15)24(30)22-16(2)29(21-13-11-20(27)12-14-21)25(31)28-23(22)17-7-9-19(26)10-8-17/h3-14,23H,1-2H3,(H,28,31)/t23-/m1/s1. The topological polar surface area (TPSA) is 49.4 Å². The summed E-state index contributed by atoms with van der Waals surface area (Å²) in [6.07, 6.45) is 0. The first-order chi connectivity index (χ1) is 14.8. The van der Waals surface area contributed by atoms with E-state index in [1.165, 1.54) is 4.90 Å². The number of urea groups is 1. The van der Waals surface area contributed by atoms with Crippen molar-refractivity contribution in [2.75, 3.05) is 4.90 Å². The average Bonchev–Trinajstić information content (AvgIpc) is 2.75. The Hall–Kier alpha value is -3.08. The zero-order valence-corrected chi connectivity index (χ0v) is 18.5. The van der Waals surface area contributed by atoms with Gasteiger partial charge in [0, 0.05) is 26.9 Å². The van der Waals surface area contributed by atoms with Gasteiger partial charge in [-0.25, -0.2) is 4.79 Å². The second-order valence-electron chi connectivity index (χ2n) is 7.44. The second kappa shape index (κ2) is 8.58. The van der Waals surface area contributed by atoms with Gasteiger partial charge in [0.25, 0.3) is 0 Å². The molecule has 1 aliphatic rings. The number of Topliss-reactive ketones (excluding diaryl/α,β-unsaturated/α-hetero) is 1. The highest BCUT2D eigenvalue weighted by molar-refractivity contribution is 6.31. The van der Waals surface area contributed by atoms with Crippen LogP contribution in [0.15, 0.2) is 84.1 Å². The van der Waals surface area contributed by atoms with Crippen molar-refractivity contribution in [1.29, 1.82) is 0 Å². The summed E-state index contributed by atoms with van der Waals surface area (Å²) in [6, 6.07) is 20.6. The van der Waals surface area contributed by atoms with Crippen molar-refractivity contribution in [2.24, 2.45) is 0 Å². The smallest absolute Gasteiger partial charge is 0.326 e. The second-order valence-corrected chi connectivity index (χ2v) is 8.31. The number of ketones is 1. The van der Waals surface area contributed by atoms with Crippen LogP contribution in [0.3, 0.4) is 0 Å². The van der Waals surface area contributed by atoms with E-state index in [1.54, 1.807) is 55.5 Å². The van der Waals surface area contributed by atoms with Gasteiger partial charge in [-0.05, 0) is 55.8 Å². The maximum Gasteiger partial charge on any atom is 0.326 e. The third-order valence-electron chi connectivity index (χ3n) is 5.33. The first kappa shape index (κ1) is 21.2. The first-order valence-corrected chi connectivity index (χ1v) is 10.5. The third kappa shape index (κ3) is 4.22. The number of nitrogens with zero attached hydrogens (tertiary/aromatic N) is 1. The minimum Gasteiger partial charge on any atom is -0.326 e. The monoisotopic (exact) mass is 450 g/mol. The van der Waals surface area contributed by atoms with Crippen LogP contribution in [0, 0.1) is 6.92 Å². The summed E-state index contributed by atoms with van der Waals surface area (Å²) in [7, 11) is 0. The molecule has 6 heteroatoms. The minimum atomic E-state index is -0.595. The quantitative estimate of drug-likeness (QED) is 0.447. The Morgan fingerprint density at radius 2 is 1.39 bits per heavy atom. The van der Waals surface area contributed by atoms with Crippen LogP contribution in [0.25, 0.3) is 0 Å². The molecule has 1 aliphatic heterocycles. The molecule has 4 nitrogen and oxygen atoms in total. The number of benzene rings is 3. The molecule has 0 aliphatic carbocycles. The maximum atomic E-state index is 13.6. The summed E-state index contributed by atoms with van der Waals surface area (Å²) in [4.78, 5) is 28.2. The van der Waals surface area contributed by atoms with E-state index in [9.17, 15) is 9.59 Å². The van der Waals surface area contributed by atoms with Crippen LogP contribution < -0.4 is 10.2 Å². The lowest BCUT2D eigenvalue weighted by atomic mass is 9.89. The fourth-order valence-corrected chi connectivity index (χ4v) is 3.96. The van der Waals surface area contributed by atoms with Crippen LogP contribution >= 0.6 is 23.2 Å². The molecule has 0 saturated carbocycles. The van der Waals surface area contributed by atoms with Gasteiger partial charge in [0.2, 0.25) is 0 Å². The molecule has 3 aromatic carbocycles. The Bertz CT molecular complexity index is 1170. The number of halogens is 2. The number of carbonyl (C=O) groups is 2. The molecule has 1 N–H and O–H groups in total. The van der Waals surface area contributed by atoms with E-state index in [0.29, 0.717) is 32.6 Å². The average molecular weight is 451 g/mol. The summed E-state index contributed by atoms with van der Waals surface area (Å²) in [5, 5.41) is 4.14. The fraction of sp³-hybridized carbons (Fsp3) is 0.120. The molecule has 0 saturated heterocycles. The molecule has 0 radical (unpaired) electrons. The van der Waals surface area contributed by atoms with Crippen molar-refractivity contribution in [3.63, 3.8) is 0 Å². The number of nitrogens with one attached hydrogen (secondary N) is 1. The van der Waals surface area contributed by atoms with Crippen molar-refractivity contribution in [2.45, 2.75) is 19.9 Å². The predicted octanol–water partition coefficient (Wildman–Crippen LogP) is 6.73. The number of carbonyl (C=O) groups excluding carboxylic acids is 2. The molecular formula is C25H20Cl2N2O2. The maximum absolute atomic E-state index is 13.6. The normalized spacial score (nSPS) is 16.3. The van der Waals surface area contributed by atoms with E-state index in [-0.39, 0.29) is 11.8 Å². The van der Waals surface area contributed by atoms with Crippen molar-refractivity contribution in [3.8, 4) is 0 Å².